The van der Waals surface area contributed by atoms with Crippen LogP contribution in [0.1, 0.15) is 97.3 Å². The summed E-state index contributed by atoms with van der Waals surface area (Å²) in [4.78, 5) is 0. The molecule has 0 rings (SSSR count). The Labute approximate surface area is 116 Å². The summed E-state index contributed by atoms with van der Waals surface area (Å²) >= 11 is 0. The molecular formula is C17H37N. The molecule has 18 heavy (non-hydrogen) atoms. The lowest BCUT2D eigenvalue weighted by Crippen LogP contribution is -2.24. The molecule has 0 spiro atoms. The zero-order valence-corrected chi connectivity index (χ0v) is 13.3. The largest absolute Gasteiger partial charge is 0.317 e. The lowest BCUT2D eigenvalue weighted by atomic mass is 10.0. The number of rotatable bonds is 14. The van der Waals surface area contributed by atoms with Crippen molar-refractivity contribution in [2.24, 2.45) is 0 Å². The predicted octanol–water partition coefficient (Wildman–Crippen LogP) is 5.69. The minimum atomic E-state index is 0.776. The fourth-order valence-electron chi connectivity index (χ4n) is 2.60. The Kier molecular flexibility index (Phi) is 15.0. The first-order valence-electron chi connectivity index (χ1n) is 8.52. The van der Waals surface area contributed by atoms with Crippen molar-refractivity contribution in [1.82, 2.24) is 5.32 Å². The Hall–Kier alpha value is -0.0400. The molecule has 0 amide bonds. The van der Waals surface area contributed by atoms with Crippen LogP contribution in [-0.4, -0.2) is 13.1 Å². The van der Waals surface area contributed by atoms with Crippen LogP contribution in [0, 0.1) is 0 Å². The fourth-order valence-corrected chi connectivity index (χ4v) is 2.60. The number of hydrogen-bond donors (Lipinski definition) is 1. The normalized spacial score (nSPS) is 12.8. The van der Waals surface area contributed by atoms with Crippen molar-refractivity contribution in [3.63, 3.8) is 0 Å². The molecule has 0 aliphatic rings. The van der Waals surface area contributed by atoms with Crippen molar-refractivity contribution in [2.75, 3.05) is 7.05 Å². The van der Waals surface area contributed by atoms with Gasteiger partial charge in [-0.25, -0.2) is 0 Å². The highest BCUT2D eigenvalue weighted by Crippen LogP contribution is 2.13. The first-order valence-corrected chi connectivity index (χ1v) is 8.52. The molecule has 1 N–H and O–H groups in total. The van der Waals surface area contributed by atoms with E-state index in [0.29, 0.717) is 0 Å². The van der Waals surface area contributed by atoms with Gasteiger partial charge < -0.3 is 5.32 Å². The maximum Gasteiger partial charge on any atom is 0.00640 e. The minimum absolute atomic E-state index is 0.776. The zero-order chi connectivity index (χ0) is 13.5. The molecule has 0 fully saturated rings. The molecule has 0 bridgehead atoms. The van der Waals surface area contributed by atoms with Crippen molar-refractivity contribution >= 4 is 0 Å². The lowest BCUT2D eigenvalue weighted by Gasteiger charge is -2.15. The molecule has 0 radical (unpaired) electrons. The molecule has 0 saturated carbocycles. The van der Waals surface area contributed by atoms with E-state index in [0.717, 1.165) is 6.04 Å². The third kappa shape index (κ3) is 12.4. The monoisotopic (exact) mass is 255 g/mol. The van der Waals surface area contributed by atoms with Crippen LogP contribution in [0.4, 0.5) is 0 Å². The lowest BCUT2D eigenvalue weighted by molar-refractivity contribution is 0.437. The topological polar surface area (TPSA) is 12.0 Å². The van der Waals surface area contributed by atoms with E-state index in [1.165, 1.54) is 83.5 Å². The molecule has 0 aromatic rings. The quantitative estimate of drug-likeness (QED) is 0.393. The third-order valence-electron chi connectivity index (χ3n) is 3.97. The summed E-state index contributed by atoms with van der Waals surface area (Å²) in [6, 6.07) is 0.776. The summed E-state index contributed by atoms with van der Waals surface area (Å²) in [5, 5.41) is 3.50. The van der Waals surface area contributed by atoms with Gasteiger partial charge in [0.25, 0.3) is 0 Å². The van der Waals surface area contributed by atoms with Gasteiger partial charge in [-0.2, -0.15) is 0 Å². The van der Waals surface area contributed by atoms with E-state index in [2.05, 4.69) is 26.2 Å². The number of nitrogens with one attached hydrogen (secondary N) is 1. The van der Waals surface area contributed by atoms with Crippen molar-refractivity contribution in [1.29, 1.82) is 0 Å². The van der Waals surface area contributed by atoms with Crippen molar-refractivity contribution < 1.29 is 0 Å². The van der Waals surface area contributed by atoms with Gasteiger partial charge in [-0.05, 0) is 19.9 Å². The molecule has 0 aliphatic heterocycles. The summed E-state index contributed by atoms with van der Waals surface area (Å²) in [7, 11) is 2.13. The van der Waals surface area contributed by atoms with E-state index in [1.807, 2.05) is 0 Å². The molecule has 1 nitrogen and oxygen atoms in total. The summed E-state index contributed by atoms with van der Waals surface area (Å²) < 4.78 is 0. The van der Waals surface area contributed by atoms with Crippen LogP contribution >= 0.6 is 0 Å². The molecule has 1 unspecified atom stereocenters. The molecule has 1 heteroatoms. The maximum atomic E-state index is 3.50. The summed E-state index contributed by atoms with van der Waals surface area (Å²) in [6.07, 6.45) is 18.4. The molecule has 0 saturated heterocycles. The number of unbranched alkanes of at least 4 members (excludes halogenated alkanes) is 9. The highest BCUT2D eigenvalue weighted by Gasteiger charge is 2.05. The highest BCUT2D eigenvalue weighted by atomic mass is 14.9. The van der Waals surface area contributed by atoms with Gasteiger partial charge in [-0.15, -0.1) is 0 Å². The molecule has 1 atom stereocenters. The standard InChI is InChI=1S/C17H37N/c1-4-6-8-10-12-14-16-17(18-3)15-13-11-9-7-5-2/h17-18H,4-16H2,1-3H3. The van der Waals surface area contributed by atoms with Crippen LogP contribution in [0.3, 0.4) is 0 Å². The van der Waals surface area contributed by atoms with E-state index in [-0.39, 0.29) is 0 Å². The summed E-state index contributed by atoms with van der Waals surface area (Å²) in [5.74, 6) is 0. The van der Waals surface area contributed by atoms with Gasteiger partial charge in [0, 0.05) is 6.04 Å². The van der Waals surface area contributed by atoms with Crippen LogP contribution in [0.25, 0.3) is 0 Å². The van der Waals surface area contributed by atoms with Gasteiger partial charge in [0.15, 0.2) is 0 Å². The van der Waals surface area contributed by atoms with Crippen LogP contribution < -0.4 is 5.32 Å². The first kappa shape index (κ1) is 18.0. The molecule has 0 aliphatic carbocycles. The minimum Gasteiger partial charge on any atom is -0.317 e. The number of hydrogen-bond acceptors (Lipinski definition) is 1. The Morgan fingerprint density at radius 2 is 1.00 bits per heavy atom. The van der Waals surface area contributed by atoms with Crippen molar-refractivity contribution in [3.8, 4) is 0 Å². The Morgan fingerprint density at radius 1 is 0.611 bits per heavy atom. The van der Waals surface area contributed by atoms with E-state index in [4.69, 9.17) is 0 Å². The van der Waals surface area contributed by atoms with Gasteiger partial charge in [0.1, 0.15) is 0 Å². The van der Waals surface area contributed by atoms with Gasteiger partial charge in [-0.3, -0.25) is 0 Å². The van der Waals surface area contributed by atoms with Gasteiger partial charge in [-0.1, -0.05) is 84.5 Å². The average Bonchev–Trinajstić information content (AvgIpc) is 2.40. The van der Waals surface area contributed by atoms with E-state index in [9.17, 15) is 0 Å². The highest BCUT2D eigenvalue weighted by molar-refractivity contribution is 4.64. The second-order valence-electron chi connectivity index (χ2n) is 5.74. The van der Waals surface area contributed by atoms with Crippen LogP contribution in [0.5, 0.6) is 0 Å². The summed E-state index contributed by atoms with van der Waals surface area (Å²) in [6.45, 7) is 4.57. The molecule has 0 aromatic carbocycles. The first-order chi connectivity index (χ1) is 8.85. The average molecular weight is 255 g/mol. The smallest absolute Gasteiger partial charge is 0.00640 e. The second-order valence-corrected chi connectivity index (χ2v) is 5.74. The fraction of sp³-hybridized carbons (Fsp3) is 1.00. The van der Waals surface area contributed by atoms with E-state index >= 15 is 0 Å². The summed E-state index contributed by atoms with van der Waals surface area (Å²) in [5.41, 5.74) is 0. The SMILES string of the molecule is CCCCCCCCC(CCCCCCC)NC. The zero-order valence-electron chi connectivity index (χ0n) is 13.3. The molecule has 110 valence electrons. The predicted molar refractivity (Wildman–Crippen MR) is 84.2 cm³/mol. The van der Waals surface area contributed by atoms with E-state index in [1.54, 1.807) is 0 Å². The molecular weight excluding hydrogens is 218 g/mol. The van der Waals surface area contributed by atoms with Crippen LogP contribution in [-0.2, 0) is 0 Å². The van der Waals surface area contributed by atoms with Crippen LogP contribution in [0.15, 0.2) is 0 Å². The van der Waals surface area contributed by atoms with Gasteiger partial charge >= 0.3 is 0 Å². The third-order valence-corrected chi connectivity index (χ3v) is 3.97. The maximum absolute atomic E-state index is 3.50. The Morgan fingerprint density at radius 3 is 1.39 bits per heavy atom. The molecule has 0 heterocycles. The van der Waals surface area contributed by atoms with Gasteiger partial charge in [0.2, 0.25) is 0 Å². The second kappa shape index (κ2) is 15.0. The Balaban J connectivity index is 3.29. The van der Waals surface area contributed by atoms with Crippen LogP contribution in [0.2, 0.25) is 0 Å². The van der Waals surface area contributed by atoms with Crippen molar-refractivity contribution in [2.45, 2.75) is 103 Å². The van der Waals surface area contributed by atoms with Crippen molar-refractivity contribution in [3.05, 3.63) is 0 Å². The molecule has 0 aromatic heterocycles. The van der Waals surface area contributed by atoms with E-state index < -0.39 is 0 Å². The van der Waals surface area contributed by atoms with Gasteiger partial charge in [0.05, 0.1) is 0 Å². The Bertz CT molecular complexity index is 145.